The summed E-state index contributed by atoms with van der Waals surface area (Å²) in [5.41, 5.74) is -0.144. The SMILES string of the molecule is O=C(NC1(CCl)CCC1)c1ccc(Br)s1. The van der Waals surface area contributed by atoms with Crippen LogP contribution in [0.2, 0.25) is 0 Å². The first kappa shape index (κ1) is 11.4. The topological polar surface area (TPSA) is 29.1 Å². The molecule has 1 saturated carbocycles. The predicted molar refractivity (Wildman–Crippen MR) is 66.8 cm³/mol. The Kier molecular flexibility index (Phi) is 3.38. The van der Waals surface area contributed by atoms with Crippen LogP contribution < -0.4 is 5.32 Å². The van der Waals surface area contributed by atoms with Gasteiger partial charge in [-0.25, -0.2) is 0 Å². The average Bonchev–Trinajstić information content (AvgIpc) is 2.58. The largest absolute Gasteiger partial charge is 0.345 e. The minimum atomic E-state index is -0.144. The first-order valence-electron chi connectivity index (χ1n) is 4.79. The van der Waals surface area contributed by atoms with Gasteiger partial charge in [-0.3, -0.25) is 4.79 Å². The molecule has 1 fully saturated rings. The lowest BCUT2D eigenvalue weighted by atomic mass is 9.78. The molecule has 2 rings (SSSR count). The fraction of sp³-hybridized carbons (Fsp3) is 0.500. The van der Waals surface area contributed by atoms with Gasteiger partial charge in [0.05, 0.1) is 14.2 Å². The van der Waals surface area contributed by atoms with Gasteiger partial charge in [0, 0.05) is 5.88 Å². The minimum Gasteiger partial charge on any atom is -0.345 e. The Morgan fingerprint density at radius 2 is 2.33 bits per heavy atom. The molecular formula is C10H11BrClNOS. The second-order valence-corrected chi connectivity index (χ2v) is 6.56. The number of rotatable bonds is 3. The molecule has 0 aromatic carbocycles. The molecule has 0 atom stereocenters. The molecule has 1 aliphatic rings. The van der Waals surface area contributed by atoms with Crippen LogP contribution in [0.3, 0.4) is 0 Å². The third-order valence-corrected chi connectivity index (χ3v) is 4.88. The van der Waals surface area contributed by atoms with E-state index < -0.39 is 0 Å². The molecule has 0 saturated heterocycles. The number of carbonyl (C=O) groups is 1. The highest BCUT2D eigenvalue weighted by Gasteiger charge is 2.37. The Balaban J connectivity index is 2.03. The van der Waals surface area contributed by atoms with Crippen LogP contribution in [0.25, 0.3) is 0 Å². The van der Waals surface area contributed by atoms with Gasteiger partial charge in [0.2, 0.25) is 0 Å². The number of halogens is 2. The summed E-state index contributed by atoms with van der Waals surface area (Å²) in [4.78, 5) is 12.6. The Morgan fingerprint density at radius 3 is 2.73 bits per heavy atom. The van der Waals surface area contributed by atoms with Crippen LogP contribution in [0.4, 0.5) is 0 Å². The zero-order valence-electron chi connectivity index (χ0n) is 8.06. The Morgan fingerprint density at radius 1 is 1.60 bits per heavy atom. The number of carbonyl (C=O) groups excluding carboxylic acids is 1. The predicted octanol–water partition coefficient (Wildman–Crippen LogP) is 3.40. The summed E-state index contributed by atoms with van der Waals surface area (Å²) in [6, 6.07) is 3.71. The quantitative estimate of drug-likeness (QED) is 0.852. The lowest BCUT2D eigenvalue weighted by molar-refractivity contribution is 0.0858. The van der Waals surface area contributed by atoms with Gasteiger partial charge in [-0.2, -0.15) is 0 Å². The van der Waals surface area contributed by atoms with Crippen molar-refractivity contribution < 1.29 is 4.79 Å². The van der Waals surface area contributed by atoms with Gasteiger partial charge in [0.1, 0.15) is 0 Å². The van der Waals surface area contributed by atoms with E-state index in [9.17, 15) is 4.79 Å². The molecule has 15 heavy (non-hydrogen) atoms. The number of hydrogen-bond acceptors (Lipinski definition) is 2. The molecule has 0 bridgehead atoms. The Bertz CT molecular complexity index is 370. The molecule has 2 nitrogen and oxygen atoms in total. The summed E-state index contributed by atoms with van der Waals surface area (Å²) in [5, 5.41) is 3.03. The van der Waals surface area contributed by atoms with Crippen molar-refractivity contribution in [2.24, 2.45) is 0 Å². The van der Waals surface area contributed by atoms with E-state index in [4.69, 9.17) is 11.6 Å². The smallest absolute Gasteiger partial charge is 0.261 e. The maximum atomic E-state index is 11.8. The highest BCUT2D eigenvalue weighted by molar-refractivity contribution is 9.11. The molecule has 1 N–H and O–H groups in total. The standard InChI is InChI=1S/C10H11BrClNOS/c11-8-3-2-7(15-8)9(14)13-10(6-12)4-1-5-10/h2-3H,1,4-6H2,(H,13,14). The van der Waals surface area contributed by atoms with E-state index in [1.165, 1.54) is 11.3 Å². The van der Waals surface area contributed by atoms with Crippen LogP contribution in [0.1, 0.15) is 28.9 Å². The molecule has 0 spiro atoms. The first-order chi connectivity index (χ1) is 7.15. The van der Waals surface area contributed by atoms with Crippen molar-refractivity contribution in [3.8, 4) is 0 Å². The Hall–Kier alpha value is -0.0600. The Labute approximate surface area is 106 Å². The molecule has 82 valence electrons. The van der Waals surface area contributed by atoms with E-state index in [2.05, 4.69) is 21.2 Å². The second kappa shape index (κ2) is 4.44. The molecule has 1 aromatic heterocycles. The fourth-order valence-electron chi connectivity index (χ4n) is 1.63. The van der Waals surface area contributed by atoms with Crippen molar-refractivity contribution >= 4 is 44.8 Å². The lowest BCUT2D eigenvalue weighted by Crippen LogP contribution is -2.54. The molecule has 0 unspecified atom stereocenters. The first-order valence-corrected chi connectivity index (χ1v) is 6.93. The fourth-order valence-corrected chi connectivity index (χ4v) is 3.25. The summed E-state index contributed by atoms with van der Waals surface area (Å²) in [5.74, 6) is 0.497. The van der Waals surface area contributed by atoms with Crippen molar-refractivity contribution in [2.45, 2.75) is 24.8 Å². The van der Waals surface area contributed by atoms with E-state index >= 15 is 0 Å². The molecule has 1 amide bonds. The van der Waals surface area contributed by atoms with Gasteiger partial charge in [-0.05, 0) is 47.3 Å². The van der Waals surface area contributed by atoms with Crippen LogP contribution in [-0.4, -0.2) is 17.3 Å². The molecule has 1 heterocycles. The van der Waals surface area contributed by atoms with Gasteiger partial charge >= 0.3 is 0 Å². The van der Waals surface area contributed by atoms with Gasteiger partial charge in [-0.1, -0.05) is 0 Å². The van der Waals surface area contributed by atoms with E-state index in [1.54, 1.807) is 0 Å². The number of alkyl halides is 1. The minimum absolute atomic E-state index is 0.00829. The highest BCUT2D eigenvalue weighted by atomic mass is 79.9. The second-order valence-electron chi connectivity index (χ2n) is 3.83. The monoisotopic (exact) mass is 307 g/mol. The zero-order chi connectivity index (χ0) is 10.9. The summed E-state index contributed by atoms with van der Waals surface area (Å²) in [7, 11) is 0. The van der Waals surface area contributed by atoms with Crippen LogP contribution >= 0.6 is 38.9 Å². The molecule has 0 aliphatic heterocycles. The number of hydrogen-bond donors (Lipinski definition) is 1. The van der Waals surface area contributed by atoms with Gasteiger partial charge in [-0.15, -0.1) is 22.9 Å². The zero-order valence-corrected chi connectivity index (χ0v) is 11.2. The summed E-state index contributed by atoms with van der Waals surface area (Å²) >= 11 is 10.7. The van der Waals surface area contributed by atoms with E-state index in [1.807, 2.05) is 12.1 Å². The number of thiophene rings is 1. The van der Waals surface area contributed by atoms with Gasteiger partial charge < -0.3 is 5.32 Å². The van der Waals surface area contributed by atoms with Crippen LogP contribution in [0, 0.1) is 0 Å². The third-order valence-electron chi connectivity index (χ3n) is 2.74. The van der Waals surface area contributed by atoms with Crippen molar-refractivity contribution in [3.63, 3.8) is 0 Å². The third kappa shape index (κ3) is 2.37. The normalized spacial score (nSPS) is 18.3. The summed E-state index contributed by atoms with van der Waals surface area (Å²) < 4.78 is 0.973. The molecular weight excluding hydrogens is 298 g/mol. The molecule has 1 aromatic rings. The van der Waals surface area contributed by atoms with Gasteiger partial charge in [0.25, 0.3) is 5.91 Å². The van der Waals surface area contributed by atoms with Crippen LogP contribution in [0.15, 0.2) is 15.9 Å². The van der Waals surface area contributed by atoms with E-state index in [0.717, 1.165) is 27.9 Å². The van der Waals surface area contributed by atoms with E-state index in [-0.39, 0.29) is 11.4 Å². The summed E-state index contributed by atoms with van der Waals surface area (Å²) in [6.45, 7) is 0. The number of amides is 1. The van der Waals surface area contributed by atoms with Gasteiger partial charge in [0.15, 0.2) is 0 Å². The van der Waals surface area contributed by atoms with E-state index in [0.29, 0.717) is 5.88 Å². The van der Waals surface area contributed by atoms with Crippen LogP contribution in [-0.2, 0) is 0 Å². The van der Waals surface area contributed by atoms with Crippen molar-refractivity contribution in [3.05, 3.63) is 20.8 Å². The maximum absolute atomic E-state index is 11.8. The number of nitrogens with one attached hydrogen (secondary N) is 1. The average molecular weight is 309 g/mol. The highest BCUT2D eigenvalue weighted by Crippen LogP contribution is 2.33. The van der Waals surface area contributed by atoms with Crippen molar-refractivity contribution in [1.29, 1.82) is 0 Å². The lowest BCUT2D eigenvalue weighted by Gasteiger charge is -2.40. The molecule has 0 radical (unpaired) electrons. The van der Waals surface area contributed by atoms with Crippen molar-refractivity contribution in [2.75, 3.05) is 5.88 Å². The maximum Gasteiger partial charge on any atom is 0.261 e. The van der Waals surface area contributed by atoms with Crippen LogP contribution in [0.5, 0.6) is 0 Å². The summed E-state index contributed by atoms with van der Waals surface area (Å²) in [6.07, 6.45) is 3.14. The molecule has 1 aliphatic carbocycles. The molecule has 5 heteroatoms. The van der Waals surface area contributed by atoms with Crippen molar-refractivity contribution in [1.82, 2.24) is 5.32 Å².